The molecule has 1 amide bonds. The summed E-state index contributed by atoms with van der Waals surface area (Å²) in [6, 6.07) is 6.22. The Kier molecular flexibility index (Phi) is 9.45. The Labute approximate surface area is 189 Å². The second kappa shape index (κ2) is 11.6. The second-order valence-corrected chi connectivity index (χ2v) is 7.73. The van der Waals surface area contributed by atoms with E-state index in [-0.39, 0.29) is 47.9 Å². The molecular formula is C21H32FIN4O2. The maximum Gasteiger partial charge on any atom is 0.225 e. The lowest BCUT2D eigenvalue weighted by Crippen LogP contribution is -2.47. The molecule has 6 nitrogen and oxygen atoms in total. The number of hydrogen-bond donors (Lipinski definition) is 2. The molecule has 2 N–H and O–H groups in total. The predicted molar refractivity (Wildman–Crippen MR) is 123 cm³/mol. The quantitative estimate of drug-likeness (QED) is 0.345. The third-order valence-electron chi connectivity index (χ3n) is 5.48. The summed E-state index contributed by atoms with van der Waals surface area (Å²) >= 11 is 0. The molecule has 8 heteroatoms. The van der Waals surface area contributed by atoms with E-state index in [1.165, 1.54) is 25.0 Å². The summed E-state index contributed by atoms with van der Waals surface area (Å²) in [7, 11) is 1.73. The van der Waals surface area contributed by atoms with Crippen molar-refractivity contribution in [2.24, 2.45) is 10.9 Å². The highest BCUT2D eigenvalue weighted by molar-refractivity contribution is 14.0. The van der Waals surface area contributed by atoms with Crippen LogP contribution in [0.25, 0.3) is 0 Å². The van der Waals surface area contributed by atoms with Gasteiger partial charge in [0.15, 0.2) is 5.96 Å². The van der Waals surface area contributed by atoms with E-state index in [1.54, 1.807) is 19.2 Å². The van der Waals surface area contributed by atoms with Crippen molar-refractivity contribution in [3.8, 4) is 5.75 Å². The molecule has 1 aromatic rings. The number of likely N-dealkylation sites (tertiary alicyclic amines) is 1. The summed E-state index contributed by atoms with van der Waals surface area (Å²) in [4.78, 5) is 18.8. The van der Waals surface area contributed by atoms with Gasteiger partial charge in [0.25, 0.3) is 0 Å². The van der Waals surface area contributed by atoms with Crippen molar-refractivity contribution in [3.05, 3.63) is 30.1 Å². The zero-order chi connectivity index (χ0) is 19.9. The van der Waals surface area contributed by atoms with Gasteiger partial charge in [-0.25, -0.2) is 4.39 Å². The number of halogens is 2. The fourth-order valence-electron chi connectivity index (χ4n) is 3.92. The summed E-state index contributed by atoms with van der Waals surface area (Å²) < 4.78 is 18.7. The Morgan fingerprint density at radius 2 is 1.97 bits per heavy atom. The number of rotatable bonds is 6. The van der Waals surface area contributed by atoms with Crippen molar-refractivity contribution < 1.29 is 13.9 Å². The number of carbonyl (C=O) groups is 1. The van der Waals surface area contributed by atoms with Gasteiger partial charge in [-0.2, -0.15) is 0 Å². The van der Waals surface area contributed by atoms with Crippen LogP contribution in [0, 0.1) is 11.7 Å². The number of carbonyl (C=O) groups excluding carboxylic acids is 1. The molecule has 2 atom stereocenters. The molecule has 2 aliphatic rings. The van der Waals surface area contributed by atoms with E-state index >= 15 is 0 Å². The summed E-state index contributed by atoms with van der Waals surface area (Å²) in [6.45, 7) is 4.06. The van der Waals surface area contributed by atoms with Gasteiger partial charge in [0.05, 0.1) is 6.54 Å². The highest BCUT2D eigenvalue weighted by Gasteiger charge is 2.32. The standard InChI is InChI=1S/C21H31FN4O2.HI/c1-15(28-19-9-7-17(22)8-10-19)13-24-21(23-2)25-18-11-12-26(14-18)20(27)16-5-3-4-6-16;/h7-10,15-16,18H,3-6,11-14H2,1-2H3,(H2,23,24,25);1H. The number of nitrogens with zero attached hydrogens (tertiary/aromatic N) is 2. The van der Waals surface area contributed by atoms with Gasteiger partial charge in [-0.3, -0.25) is 9.79 Å². The average Bonchev–Trinajstić information content (AvgIpc) is 3.38. The Morgan fingerprint density at radius 3 is 2.62 bits per heavy atom. The molecule has 1 aliphatic heterocycles. The average molecular weight is 518 g/mol. The van der Waals surface area contributed by atoms with Gasteiger partial charge < -0.3 is 20.3 Å². The van der Waals surface area contributed by atoms with Gasteiger partial charge in [-0.1, -0.05) is 12.8 Å². The minimum Gasteiger partial charge on any atom is -0.489 e. The van der Waals surface area contributed by atoms with Gasteiger partial charge >= 0.3 is 0 Å². The van der Waals surface area contributed by atoms with Crippen LogP contribution in [-0.2, 0) is 4.79 Å². The molecule has 162 valence electrons. The summed E-state index contributed by atoms with van der Waals surface area (Å²) in [5.74, 6) is 1.62. The molecule has 1 heterocycles. The molecular weight excluding hydrogens is 486 g/mol. The molecule has 1 saturated heterocycles. The van der Waals surface area contributed by atoms with Crippen LogP contribution in [-0.4, -0.2) is 55.6 Å². The van der Waals surface area contributed by atoms with E-state index < -0.39 is 0 Å². The smallest absolute Gasteiger partial charge is 0.225 e. The van der Waals surface area contributed by atoms with Crippen LogP contribution < -0.4 is 15.4 Å². The van der Waals surface area contributed by atoms with Crippen molar-refractivity contribution in [2.45, 2.75) is 51.2 Å². The largest absolute Gasteiger partial charge is 0.489 e. The summed E-state index contributed by atoms with van der Waals surface area (Å²) in [5, 5.41) is 6.67. The highest BCUT2D eigenvalue weighted by atomic mass is 127. The molecule has 3 rings (SSSR count). The van der Waals surface area contributed by atoms with Crippen LogP contribution in [0.1, 0.15) is 39.0 Å². The van der Waals surface area contributed by atoms with Gasteiger partial charge in [0.2, 0.25) is 5.91 Å². The monoisotopic (exact) mass is 518 g/mol. The molecule has 1 aliphatic carbocycles. The number of hydrogen-bond acceptors (Lipinski definition) is 3. The molecule has 2 unspecified atom stereocenters. The molecule has 0 spiro atoms. The molecule has 2 fully saturated rings. The van der Waals surface area contributed by atoms with Crippen molar-refractivity contribution in [3.63, 3.8) is 0 Å². The van der Waals surface area contributed by atoms with Crippen LogP contribution in [0.4, 0.5) is 4.39 Å². The van der Waals surface area contributed by atoms with Gasteiger partial charge in [-0.15, -0.1) is 24.0 Å². The van der Waals surface area contributed by atoms with Gasteiger partial charge in [-0.05, 0) is 50.5 Å². The van der Waals surface area contributed by atoms with Crippen molar-refractivity contribution >= 4 is 35.8 Å². The lowest BCUT2D eigenvalue weighted by atomic mass is 10.1. The first-order valence-electron chi connectivity index (χ1n) is 10.2. The van der Waals surface area contributed by atoms with Crippen LogP contribution in [0.15, 0.2) is 29.3 Å². The predicted octanol–water partition coefficient (Wildman–Crippen LogP) is 3.17. The minimum absolute atomic E-state index is 0. The van der Waals surface area contributed by atoms with E-state index in [1.807, 2.05) is 11.8 Å². The van der Waals surface area contributed by atoms with E-state index in [9.17, 15) is 9.18 Å². The molecule has 0 aromatic heterocycles. The van der Waals surface area contributed by atoms with Crippen LogP contribution in [0.5, 0.6) is 5.75 Å². The molecule has 29 heavy (non-hydrogen) atoms. The van der Waals surface area contributed by atoms with Crippen molar-refractivity contribution in [2.75, 3.05) is 26.7 Å². The fourth-order valence-corrected chi connectivity index (χ4v) is 3.92. The Balaban J connectivity index is 0.00000300. The molecule has 1 saturated carbocycles. The van der Waals surface area contributed by atoms with E-state index in [4.69, 9.17) is 4.74 Å². The van der Waals surface area contributed by atoms with E-state index in [0.29, 0.717) is 24.2 Å². The number of aliphatic imine (C=N–C) groups is 1. The third-order valence-corrected chi connectivity index (χ3v) is 5.48. The first-order chi connectivity index (χ1) is 13.5. The zero-order valence-corrected chi connectivity index (χ0v) is 19.5. The van der Waals surface area contributed by atoms with Crippen molar-refractivity contribution in [1.82, 2.24) is 15.5 Å². The lowest BCUT2D eigenvalue weighted by Gasteiger charge is -2.22. The second-order valence-electron chi connectivity index (χ2n) is 7.73. The summed E-state index contributed by atoms with van der Waals surface area (Å²) in [5.41, 5.74) is 0. The first kappa shape index (κ1) is 23.7. The normalized spacial score (nSPS) is 20.9. The Bertz CT molecular complexity index is 680. The number of guanidine groups is 1. The van der Waals surface area contributed by atoms with Crippen LogP contribution >= 0.6 is 24.0 Å². The SMILES string of the molecule is CN=C(NCC(C)Oc1ccc(F)cc1)NC1CCN(C(=O)C2CCCC2)C1.I. The maximum atomic E-state index is 13.0. The number of benzene rings is 1. The fraction of sp³-hybridized carbons (Fsp3) is 0.619. The highest BCUT2D eigenvalue weighted by Crippen LogP contribution is 2.27. The Hall–Kier alpha value is -1.58. The molecule has 0 radical (unpaired) electrons. The topological polar surface area (TPSA) is 66.0 Å². The lowest BCUT2D eigenvalue weighted by molar-refractivity contribution is -0.134. The molecule has 1 aromatic carbocycles. The first-order valence-corrected chi connectivity index (χ1v) is 10.2. The van der Waals surface area contributed by atoms with Crippen LogP contribution in [0.2, 0.25) is 0 Å². The van der Waals surface area contributed by atoms with Crippen molar-refractivity contribution in [1.29, 1.82) is 0 Å². The zero-order valence-electron chi connectivity index (χ0n) is 17.2. The molecule has 0 bridgehead atoms. The number of ether oxygens (including phenoxy) is 1. The minimum atomic E-state index is -0.278. The number of nitrogens with one attached hydrogen (secondary N) is 2. The van der Waals surface area contributed by atoms with Gasteiger partial charge in [0, 0.05) is 32.1 Å². The Morgan fingerprint density at radius 1 is 1.28 bits per heavy atom. The summed E-state index contributed by atoms with van der Waals surface area (Å²) in [6.07, 6.45) is 5.28. The van der Waals surface area contributed by atoms with Gasteiger partial charge in [0.1, 0.15) is 17.7 Å². The van der Waals surface area contributed by atoms with E-state index in [2.05, 4.69) is 15.6 Å². The third kappa shape index (κ3) is 7.01. The number of amides is 1. The van der Waals surface area contributed by atoms with E-state index in [0.717, 1.165) is 32.4 Å². The van der Waals surface area contributed by atoms with Crippen LogP contribution in [0.3, 0.4) is 0 Å². The maximum absolute atomic E-state index is 13.0.